The van der Waals surface area contributed by atoms with Crippen LogP contribution in [0.15, 0.2) is 41.7 Å². The van der Waals surface area contributed by atoms with E-state index in [1.165, 1.54) is 18.2 Å². The summed E-state index contributed by atoms with van der Waals surface area (Å²) in [5, 5.41) is 13.1. The number of pyridine rings is 1. The number of carboxylic acids is 1. The number of carbonyl (C=O) groups is 1. The summed E-state index contributed by atoms with van der Waals surface area (Å²) in [6.45, 7) is 7.07. The van der Waals surface area contributed by atoms with Crippen LogP contribution in [0.3, 0.4) is 0 Å². The summed E-state index contributed by atoms with van der Waals surface area (Å²) in [6, 6.07) is 5.05. The van der Waals surface area contributed by atoms with Gasteiger partial charge in [0, 0.05) is 11.9 Å². The van der Waals surface area contributed by atoms with Gasteiger partial charge in [-0.25, -0.2) is 9.78 Å². The van der Waals surface area contributed by atoms with Crippen molar-refractivity contribution in [1.29, 1.82) is 0 Å². The van der Waals surface area contributed by atoms with Crippen LogP contribution in [0.1, 0.15) is 55.4 Å². The summed E-state index contributed by atoms with van der Waals surface area (Å²) >= 11 is 0. The summed E-state index contributed by atoms with van der Waals surface area (Å²) in [7, 11) is 0. The summed E-state index contributed by atoms with van der Waals surface area (Å²) < 4.78 is 47.3. The Morgan fingerprint density at radius 2 is 1.97 bits per heavy atom. The Morgan fingerprint density at radius 1 is 1.30 bits per heavy atom. The van der Waals surface area contributed by atoms with Gasteiger partial charge in [-0.05, 0) is 44.4 Å². The van der Waals surface area contributed by atoms with Gasteiger partial charge in [0.1, 0.15) is 0 Å². The third-order valence-corrected chi connectivity index (χ3v) is 4.96. The van der Waals surface area contributed by atoms with E-state index >= 15 is 0 Å². The molecule has 0 fully saturated rings. The van der Waals surface area contributed by atoms with E-state index in [1.807, 2.05) is 0 Å². The number of aliphatic carboxylic acids is 1. The lowest BCUT2D eigenvalue weighted by Crippen LogP contribution is -2.27. The van der Waals surface area contributed by atoms with Crippen molar-refractivity contribution in [2.75, 3.05) is 5.32 Å². The Balaban J connectivity index is 2.42. The number of hydrogen-bond acceptors (Lipinski definition) is 4. The van der Waals surface area contributed by atoms with Crippen molar-refractivity contribution in [1.82, 2.24) is 4.98 Å². The minimum atomic E-state index is -4.64. The maximum absolute atomic E-state index is 13.9. The van der Waals surface area contributed by atoms with Crippen molar-refractivity contribution in [2.24, 2.45) is 0 Å². The predicted molar refractivity (Wildman–Crippen MR) is 107 cm³/mol. The van der Waals surface area contributed by atoms with Gasteiger partial charge in [-0.15, -0.1) is 0 Å². The molecule has 1 aromatic heterocycles. The number of rotatable bonds is 5. The van der Waals surface area contributed by atoms with Crippen LogP contribution < -0.4 is 10.1 Å². The van der Waals surface area contributed by atoms with Crippen LogP contribution in [-0.4, -0.2) is 22.2 Å². The fourth-order valence-corrected chi connectivity index (χ4v) is 3.75. The molecular weight excluding hydrogens is 397 g/mol. The third-order valence-electron chi connectivity index (χ3n) is 4.96. The number of aryl methyl sites for hydroxylation is 1. The van der Waals surface area contributed by atoms with Gasteiger partial charge in [0.25, 0.3) is 0 Å². The zero-order valence-electron chi connectivity index (χ0n) is 17.1. The third kappa shape index (κ3) is 3.86. The SMILES string of the molecule is CCC1=C(C(=O)O)C(c2ccccc2C(F)(F)F)c2c(OC(C)C)ncc(C)c2N1. The van der Waals surface area contributed by atoms with Gasteiger partial charge in [0.05, 0.1) is 34.4 Å². The number of nitrogens with one attached hydrogen (secondary N) is 1. The molecule has 2 N–H and O–H groups in total. The molecule has 0 spiro atoms. The van der Waals surface area contributed by atoms with Crippen LogP contribution in [0.4, 0.5) is 18.9 Å². The number of anilines is 1. The van der Waals surface area contributed by atoms with Gasteiger partial charge < -0.3 is 15.2 Å². The first-order valence-electron chi connectivity index (χ1n) is 9.61. The lowest BCUT2D eigenvalue weighted by atomic mass is 9.78. The van der Waals surface area contributed by atoms with Gasteiger partial charge in [-0.2, -0.15) is 13.2 Å². The van der Waals surface area contributed by atoms with E-state index in [2.05, 4.69) is 10.3 Å². The highest BCUT2D eigenvalue weighted by Gasteiger charge is 2.42. The second kappa shape index (κ2) is 8.01. The normalized spacial score (nSPS) is 16.3. The Kier molecular flexibility index (Phi) is 5.78. The first-order valence-corrected chi connectivity index (χ1v) is 9.61. The summed E-state index contributed by atoms with van der Waals surface area (Å²) in [5.41, 5.74) is 0.723. The highest BCUT2D eigenvalue weighted by molar-refractivity contribution is 5.94. The van der Waals surface area contributed by atoms with E-state index in [0.717, 1.165) is 6.07 Å². The van der Waals surface area contributed by atoms with Crippen molar-refractivity contribution < 1.29 is 27.8 Å². The number of carboxylic acid groups (broad SMARTS) is 1. The Morgan fingerprint density at radius 3 is 2.53 bits per heavy atom. The van der Waals surface area contributed by atoms with Crippen LogP contribution in [0, 0.1) is 6.92 Å². The molecule has 2 heterocycles. The van der Waals surface area contributed by atoms with Gasteiger partial charge in [0.15, 0.2) is 0 Å². The molecule has 0 aliphatic carbocycles. The molecule has 0 radical (unpaired) electrons. The summed E-state index contributed by atoms with van der Waals surface area (Å²) in [4.78, 5) is 16.5. The van der Waals surface area contributed by atoms with Crippen molar-refractivity contribution in [3.05, 3.63) is 64.0 Å². The number of alkyl halides is 3. The first kappa shape index (κ1) is 21.7. The second-order valence-corrected chi connectivity index (χ2v) is 7.40. The van der Waals surface area contributed by atoms with Crippen molar-refractivity contribution in [3.63, 3.8) is 0 Å². The average molecular weight is 420 g/mol. The molecule has 1 aromatic carbocycles. The van der Waals surface area contributed by atoms with Crippen LogP contribution in [0.25, 0.3) is 0 Å². The molecule has 0 bridgehead atoms. The largest absolute Gasteiger partial charge is 0.478 e. The molecule has 3 rings (SSSR count). The van der Waals surface area contributed by atoms with Crippen molar-refractivity contribution >= 4 is 11.7 Å². The molecule has 160 valence electrons. The van der Waals surface area contributed by atoms with Gasteiger partial charge in [-0.3, -0.25) is 0 Å². The van der Waals surface area contributed by atoms with Crippen LogP contribution >= 0.6 is 0 Å². The number of allylic oxidation sites excluding steroid dienone is 1. The monoisotopic (exact) mass is 420 g/mol. The van der Waals surface area contributed by atoms with Gasteiger partial charge >= 0.3 is 12.1 Å². The molecular formula is C22H23F3N2O3. The van der Waals surface area contributed by atoms with E-state index in [4.69, 9.17) is 4.74 Å². The van der Waals surface area contributed by atoms with Gasteiger partial charge in [0.2, 0.25) is 5.88 Å². The number of benzene rings is 1. The first-order chi connectivity index (χ1) is 14.1. The number of fused-ring (bicyclic) bond motifs is 1. The quantitative estimate of drug-likeness (QED) is 0.668. The zero-order valence-corrected chi connectivity index (χ0v) is 17.1. The summed E-state index contributed by atoms with van der Waals surface area (Å²) in [6.07, 6.45) is -3.07. The molecule has 0 saturated heterocycles. The maximum Gasteiger partial charge on any atom is 0.416 e. The number of ether oxygens (including phenoxy) is 1. The highest BCUT2D eigenvalue weighted by Crippen LogP contribution is 2.50. The predicted octanol–water partition coefficient (Wildman–Crippen LogP) is 5.50. The maximum atomic E-state index is 13.9. The zero-order chi connectivity index (χ0) is 22.2. The fraction of sp³-hybridized carbons (Fsp3) is 0.364. The lowest BCUT2D eigenvalue weighted by molar-refractivity contribution is -0.139. The van der Waals surface area contributed by atoms with E-state index in [9.17, 15) is 23.1 Å². The molecule has 1 aliphatic rings. The topological polar surface area (TPSA) is 71.5 Å². The number of halogens is 3. The van der Waals surface area contributed by atoms with Crippen LogP contribution in [-0.2, 0) is 11.0 Å². The molecule has 1 atom stereocenters. The molecule has 1 unspecified atom stereocenters. The van der Waals surface area contributed by atoms with Crippen LogP contribution in [0.2, 0.25) is 0 Å². The number of nitrogens with zero attached hydrogens (tertiary/aromatic N) is 1. The van der Waals surface area contributed by atoms with Gasteiger partial charge in [-0.1, -0.05) is 25.1 Å². The van der Waals surface area contributed by atoms with E-state index < -0.39 is 23.6 Å². The minimum Gasteiger partial charge on any atom is -0.478 e. The Bertz CT molecular complexity index is 1010. The Hall–Kier alpha value is -3.03. The second-order valence-electron chi connectivity index (χ2n) is 7.40. The molecule has 5 nitrogen and oxygen atoms in total. The molecule has 0 saturated carbocycles. The minimum absolute atomic E-state index is 0.119. The molecule has 2 aromatic rings. The molecule has 30 heavy (non-hydrogen) atoms. The molecule has 1 aliphatic heterocycles. The lowest BCUT2D eigenvalue weighted by Gasteiger charge is -2.33. The van der Waals surface area contributed by atoms with E-state index in [1.54, 1.807) is 33.9 Å². The summed E-state index contributed by atoms with van der Waals surface area (Å²) in [5.74, 6) is -2.36. The standard InChI is InChI=1S/C22H23F3N2O3/c1-5-15-17(21(28)29)16(13-8-6-7-9-14(13)22(23,24)25)18-19(27-15)12(4)10-26-20(18)30-11(2)3/h6-11,16,27H,5H2,1-4H3,(H,28,29). The van der Waals surface area contributed by atoms with E-state index in [-0.39, 0.29) is 23.1 Å². The average Bonchev–Trinajstić information content (AvgIpc) is 2.67. The van der Waals surface area contributed by atoms with Crippen molar-refractivity contribution in [2.45, 2.75) is 52.3 Å². The smallest absolute Gasteiger partial charge is 0.416 e. The van der Waals surface area contributed by atoms with Crippen LogP contribution in [0.5, 0.6) is 5.88 Å². The van der Waals surface area contributed by atoms with Crippen molar-refractivity contribution in [3.8, 4) is 5.88 Å². The Labute approximate surface area is 172 Å². The number of hydrogen-bond donors (Lipinski definition) is 2. The number of aromatic nitrogens is 1. The molecule has 8 heteroatoms. The molecule has 0 amide bonds. The highest BCUT2D eigenvalue weighted by atomic mass is 19.4. The van der Waals surface area contributed by atoms with E-state index in [0.29, 0.717) is 28.9 Å². The fourth-order valence-electron chi connectivity index (χ4n) is 3.75.